The average molecular weight is 286 g/mol. The predicted octanol–water partition coefficient (Wildman–Crippen LogP) is 1.19. The summed E-state index contributed by atoms with van der Waals surface area (Å²) in [7, 11) is 0. The Hall–Kier alpha value is -1.72. The van der Waals surface area contributed by atoms with E-state index >= 15 is 0 Å². The Labute approximate surface area is 124 Å². The summed E-state index contributed by atoms with van der Waals surface area (Å²) in [6.45, 7) is 7.97. The lowest BCUT2D eigenvalue weighted by Crippen LogP contribution is -2.36. The highest BCUT2D eigenvalue weighted by molar-refractivity contribution is 5.46. The summed E-state index contributed by atoms with van der Waals surface area (Å²) in [6, 6.07) is 6.09. The maximum absolute atomic E-state index is 12.2. The maximum atomic E-state index is 12.2. The van der Waals surface area contributed by atoms with Crippen LogP contribution in [0.2, 0.25) is 0 Å². The van der Waals surface area contributed by atoms with Gasteiger partial charge in [-0.15, -0.1) is 0 Å². The van der Waals surface area contributed by atoms with Gasteiger partial charge >= 0.3 is 0 Å². The fourth-order valence-corrected chi connectivity index (χ4v) is 3.05. The number of aromatic nitrogens is 2. The Morgan fingerprint density at radius 1 is 1.52 bits per heavy atom. The van der Waals surface area contributed by atoms with Crippen LogP contribution in [0.4, 0.5) is 0 Å². The second-order valence-corrected chi connectivity index (χ2v) is 5.68. The summed E-state index contributed by atoms with van der Waals surface area (Å²) < 4.78 is 1.62. The number of nitrogens with zero attached hydrogens (tertiary/aromatic N) is 3. The van der Waals surface area contributed by atoms with Crippen LogP contribution in [0.15, 0.2) is 29.2 Å². The summed E-state index contributed by atoms with van der Waals surface area (Å²) in [5.41, 5.74) is 2.66. The van der Waals surface area contributed by atoms with E-state index in [1.54, 1.807) is 16.7 Å². The molecule has 0 spiro atoms. The van der Waals surface area contributed by atoms with Crippen molar-refractivity contribution in [2.75, 3.05) is 19.6 Å². The molecule has 1 aliphatic heterocycles. The van der Waals surface area contributed by atoms with Gasteiger partial charge < -0.3 is 5.32 Å². The van der Waals surface area contributed by atoms with E-state index < -0.39 is 0 Å². The zero-order valence-electron chi connectivity index (χ0n) is 12.7. The normalized spacial score (nSPS) is 18.7. The molecule has 3 rings (SSSR count). The lowest BCUT2D eigenvalue weighted by atomic mass is 10.2. The summed E-state index contributed by atoms with van der Waals surface area (Å²) in [6.07, 6.45) is 2.94. The molecule has 0 saturated carbocycles. The molecule has 5 heteroatoms. The molecule has 3 heterocycles. The fourth-order valence-electron chi connectivity index (χ4n) is 3.05. The van der Waals surface area contributed by atoms with Gasteiger partial charge in [0.1, 0.15) is 5.65 Å². The Morgan fingerprint density at radius 3 is 3.10 bits per heavy atom. The van der Waals surface area contributed by atoms with Crippen LogP contribution in [-0.4, -0.2) is 40.0 Å². The summed E-state index contributed by atoms with van der Waals surface area (Å²) in [5.74, 6) is 0. The minimum atomic E-state index is -0.000648. The number of hydrogen-bond acceptors (Lipinski definition) is 4. The van der Waals surface area contributed by atoms with Crippen LogP contribution in [0.3, 0.4) is 0 Å². The monoisotopic (exact) mass is 286 g/mol. The van der Waals surface area contributed by atoms with E-state index in [1.807, 2.05) is 19.1 Å². The van der Waals surface area contributed by atoms with Crippen molar-refractivity contribution in [3.63, 3.8) is 0 Å². The Balaban J connectivity index is 1.93. The van der Waals surface area contributed by atoms with E-state index in [2.05, 4.69) is 17.1 Å². The van der Waals surface area contributed by atoms with Crippen LogP contribution >= 0.6 is 0 Å². The Morgan fingerprint density at radius 2 is 2.38 bits per heavy atom. The van der Waals surface area contributed by atoms with Crippen LogP contribution in [0, 0.1) is 6.92 Å². The quantitative estimate of drug-likeness (QED) is 0.917. The molecular weight excluding hydrogens is 264 g/mol. The van der Waals surface area contributed by atoms with Crippen LogP contribution in [0.25, 0.3) is 5.65 Å². The SMILES string of the molecule is CCN(Cc1cc(=O)n2cccc(C)c2n1)C1CCNC1. The van der Waals surface area contributed by atoms with Crippen LogP contribution in [0.5, 0.6) is 0 Å². The molecule has 1 aliphatic rings. The molecule has 2 aromatic heterocycles. The number of hydrogen-bond donors (Lipinski definition) is 1. The number of rotatable bonds is 4. The van der Waals surface area contributed by atoms with E-state index in [4.69, 9.17) is 4.98 Å². The summed E-state index contributed by atoms with van der Waals surface area (Å²) >= 11 is 0. The van der Waals surface area contributed by atoms with Gasteiger partial charge in [0, 0.05) is 31.4 Å². The predicted molar refractivity (Wildman–Crippen MR) is 83.6 cm³/mol. The molecule has 1 saturated heterocycles. The largest absolute Gasteiger partial charge is 0.315 e. The highest BCUT2D eigenvalue weighted by Crippen LogP contribution is 2.12. The molecule has 0 radical (unpaired) electrons. The van der Waals surface area contributed by atoms with Gasteiger partial charge in [-0.2, -0.15) is 0 Å². The summed E-state index contributed by atoms with van der Waals surface area (Å²) in [5, 5.41) is 3.40. The van der Waals surface area contributed by atoms with E-state index in [9.17, 15) is 4.79 Å². The van der Waals surface area contributed by atoms with Crippen molar-refractivity contribution < 1.29 is 0 Å². The molecule has 21 heavy (non-hydrogen) atoms. The molecule has 1 fully saturated rings. The topological polar surface area (TPSA) is 49.6 Å². The van der Waals surface area contributed by atoms with Crippen molar-refractivity contribution in [2.24, 2.45) is 0 Å². The zero-order valence-corrected chi connectivity index (χ0v) is 12.7. The van der Waals surface area contributed by atoms with Crippen molar-refractivity contribution >= 4 is 5.65 Å². The third-order valence-electron chi connectivity index (χ3n) is 4.26. The van der Waals surface area contributed by atoms with Gasteiger partial charge in [0.05, 0.1) is 5.69 Å². The van der Waals surface area contributed by atoms with Crippen LogP contribution in [-0.2, 0) is 6.54 Å². The maximum Gasteiger partial charge on any atom is 0.258 e. The lowest BCUT2D eigenvalue weighted by Gasteiger charge is -2.26. The molecule has 2 aromatic rings. The van der Waals surface area contributed by atoms with Crippen molar-refractivity contribution in [1.29, 1.82) is 0 Å². The minimum Gasteiger partial charge on any atom is -0.315 e. The molecule has 1 unspecified atom stereocenters. The first-order chi connectivity index (χ1) is 10.2. The molecule has 112 valence electrons. The van der Waals surface area contributed by atoms with E-state index in [0.29, 0.717) is 6.04 Å². The fraction of sp³-hybridized carbons (Fsp3) is 0.500. The van der Waals surface area contributed by atoms with E-state index in [1.165, 1.54) is 6.42 Å². The molecule has 0 aliphatic carbocycles. The minimum absolute atomic E-state index is 0.000648. The summed E-state index contributed by atoms with van der Waals surface area (Å²) in [4.78, 5) is 19.3. The van der Waals surface area contributed by atoms with Gasteiger partial charge in [-0.25, -0.2) is 4.98 Å². The van der Waals surface area contributed by atoms with Crippen molar-refractivity contribution in [1.82, 2.24) is 19.6 Å². The van der Waals surface area contributed by atoms with E-state index in [-0.39, 0.29) is 5.56 Å². The number of likely N-dealkylation sites (N-methyl/N-ethyl adjacent to an activating group) is 1. The number of aryl methyl sites for hydroxylation is 1. The smallest absolute Gasteiger partial charge is 0.258 e. The third-order valence-corrected chi connectivity index (χ3v) is 4.26. The van der Waals surface area contributed by atoms with Crippen molar-refractivity contribution in [3.05, 3.63) is 46.0 Å². The molecule has 5 nitrogen and oxygen atoms in total. The zero-order chi connectivity index (χ0) is 14.8. The van der Waals surface area contributed by atoms with Crippen LogP contribution in [0.1, 0.15) is 24.6 Å². The van der Waals surface area contributed by atoms with Gasteiger partial charge in [-0.3, -0.25) is 14.1 Å². The average Bonchev–Trinajstić information content (AvgIpc) is 3.00. The molecule has 0 aromatic carbocycles. The van der Waals surface area contributed by atoms with E-state index in [0.717, 1.165) is 43.1 Å². The first kappa shape index (κ1) is 14.2. The standard InChI is InChI=1S/C16H22N4O/c1-3-19(14-6-7-17-10-14)11-13-9-15(21)20-8-4-5-12(2)16(20)18-13/h4-5,8-9,14,17H,3,6-7,10-11H2,1-2H3. The second-order valence-electron chi connectivity index (χ2n) is 5.68. The first-order valence-electron chi connectivity index (χ1n) is 7.61. The first-order valence-corrected chi connectivity index (χ1v) is 7.61. The van der Waals surface area contributed by atoms with Gasteiger partial charge in [-0.1, -0.05) is 13.0 Å². The highest BCUT2D eigenvalue weighted by Gasteiger charge is 2.21. The number of fused-ring (bicyclic) bond motifs is 1. The molecule has 0 amide bonds. The lowest BCUT2D eigenvalue weighted by molar-refractivity contribution is 0.208. The van der Waals surface area contributed by atoms with Crippen molar-refractivity contribution in [2.45, 2.75) is 32.9 Å². The second kappa shape index (κ2) is 5.95. The number of nitrogens with one attached hydrogen (secondary N) is 1. The molecule has 1 atom stereocenters. The van der Waals surface area contributed by atoms with Crippen molar-refractivity contribution in [3.8, 4) is 0 Å². The third kappa shape index (κ3) is 2.84. The molecule has 1 N–H and O–H groups in total. The number of pyridine rings is 1. The van der Waals surface area contributed by atoms with Gasteiger partial charge in [0.2, 0.25) is 0 Å². The van der Waals surface area contributed by atoms with Crippen LogP contribution < -0.4 is 10.9 Å². The van der Waals surface area contributed by atoms with Gasteiger partial charge in [-0.05, 0) is 38.1 Å². The highest BCUT2D eigenvalue weighted by atomic mass is 16.1. The molecular formula is C16H22N4O. The molecule has 0 bridgehead atoms. The van der Waals surface area contributed by atoms with Gasteiger partial charge in [0.25, 0.3) is 5.56 Å². The Kier molecular flexibility index (Phi) is 4.03. The van der Waals surface area contributed by atoms with Gasteiger partial charge in [0.15, 0.2) is 0 Å². The Bertz CT molecular complexity index is 688.